The van der Waals surface area contributed by atoms with Gasteiger partial charge in [0.05, 0.1) is 27.5 Å². The van der Waals surface area contributed by atoms with Crippen molar-refractivity contribution in [1.29, 1.82) is 0 Å². The number of nitrogens with one attached hydrogen (secondary N) is 2. The van der Waals surface area contributed by atoms with Crippen molar-refractivity contribution in [3.63, 3.8) is 0 Å². The molecule has 0 aliphatic heterocycles. The van der Waals surface area contributed by atoms with Gasteiger partial charge in [0.1, 0.15) is 0 Å². The van der Waals surface area contributed by atoms with Gasteiger partial charge in [0.15, 0.2) is 11.5 Å². The summed E-state index contributed by atoms with van der Waals surface area (Å²) in [5, 5.41) is 6.78. The molecular weight excluding hydrogens is 386 g/mol. The summed E-state index contributed by atoms with van der Waals surface area (Å²) >= 11 is 0. The number of amides is 2. The highest BCUT2D eigenvalue weighted by Gasteiger charge is 2.13. The Morgan fingerprint density at radius 2 is 1.50 bits per heavy atom. The van der Waals surface area contributed by atoms with Crippen LogP contribution in [0.2, 0.25) is 0 Å². The predicted octanol–water partition coefficient (Wildman–Crippen LogP) is 3.20. The molecule has 0 spiro atoms. The number of carbonyl (C=O) groups excluding carboxylic acids is 2. The number of para-hydroxylation sites is 1. The molecule has 2 rings (SSSR count). The molecule has 8 nitrogen and oxygen atoms in total. The van der Waals surface area contributed by atoms with Crippen LogP contribution >= 0.6 is 0 Å². The van der Waals surface area contributed by atoms with Crippen LogP contribution in [-0.4, -0.2) is 39.4 Å². The van der Waals surface area contributed by atoms with Crippen LogP contribution in [-0.2, 0) is 9.59 Å². The second-order valence-electron chi connectivity index (χ2n) is 6.57. The Labute approximate surface area is 176 Å². The van der Waals surface area contributed by atoms with Crippen molar-refractivity contribution in [1.82, 2.24) is 5.43 Å². The molecule has 0 heterocycles. The number of benzene rings is 2. The van der Waals surface area contributed by atoms with Gasteiger partial charge in [0.25, 0.3) is 0 Å². The molecule has 0 aliphatic rings. The first-order valence-electron chi connectivity index (χ1n) is 9.37. The number of nitrogens with zero attached hydrogens (tertiary/aromatic N) is 1. The molecule has 0 saturated carbocycles. The molecule has 0 unspecified atom stereocenters. The highest BCUT2D eigenvalue weighted by Crippen LogP contribution is 2.37. The van der Waals surface area contributed by atoms with E-state index < -0.39 is 0 Å². The monoisotopic (exact) mass is 413 g/mol. The van der Waals surface area contributed by atoms with Crippen molar-refractivity contribution < 1.29 is 23.8 Å². The second-order valence-corrected chi connectivity index (χ2v) is 6.57. The maximum atomic E-state index is 12.1. The quantitative estimate of drug-likeness (QED) is 0.486. The molecule has 0 aliphatic carbocycles. The summed E-state index contributed by atoms with van der Waals surface area (Å²) in [5.41, 5.74) is 5.80. The van der Waals surface area contributed by atoms with E-state index in [4.69, 9.17) is 14.2 Å². The van der Waals surface area contributed by atoms with Gasteiger partial charge in [-0.1, -0.05) is 18.2 Å². The lowest BCUT2D eigenvalue weighted by atomic mass is 10.1. The van der Waals surface area contributed by atoms with Crippen LogP contribution in [0.3, 0.4) is 0 Å². The fourth-order valence-corrected chi connectivity index (χ4v) is 2.85. The molecule has 0 bridgehead atoms. The average Bonchev–Trinajstić information content (AvgIpc) is 2.74. The van der Waals surface area contributed by atoms with E-state index in [-0.39, 0.29) is 24.7 Å². The number of aryl methyl sites for hydroxylation is 2. The van der Waals surface area contributed by atoms with E-state index in [2.05, 4.69) is 15.8 Å². The third kappa shape index (κ3) is 5.97. The van der Waals surface area contributed by atoms with Gasteiger partial charge in [-0.25, -0.2) is 5.43 Å². The van der Waals surface area contributed by atoms with Crippen LogP contribution in [0, 0.1) is 13.8 Å². The minimum absolute atomic E-state index is 0.0172. The lowest BCUT2D eigenvalue weighted by molar-refractivity contribution is -0.124. The van der Waals surface area contributed by atoms with Gasteiger partial charge >= 0.3 is 0 Å². The van der Waals surface area contributed by atoms with Gasteiger partial charge in [0.2, 0.25) is 17.6 Å². The number of methoxy groups -OCH3 is 3. The maximum absolute atomic E-state index is 12.1. The third-order valence-electron chi connectivity index (χ3n) is 4.41. The van der Waals surface area contributed by atoms with Gasteiger partial charge in [-0.2, -0.15) is 5.10 Å². The van der Waals surface area contributed by atoms with Crippen LogP contribution < -0.4 is 25.0 Å². The van der Waals surface area contributed by atoms with E-state index in [1.165, 1.54) is 27.5 Å². The van der Waals surface area contributed by atoms with Crippen molar-refractivity contribution in [2.75, 3.05) is 26.6 Å². The Balaban J connectivity index is 1.90. The van der Waals surface area contributed by atoms with E-state index in [1.54, 1.807) is 12.1 Å². The van der Waals surface area contributed by atoms with Crippen LogP contribution in [0.4, 0.5) is 5.69 Å². The Kier molecular flexibility index (Phi) is 8.22. The van der Waals surface area contributed by atoms with E-state index in [9.17, 15) is 9.59 Å². The number of anilines is 1. The van der Waals surface area contributed by atoms with E-state index in [0.29, 0.717) is 22.8 Å². The molecule has 160 valence electrons. The van der Waals surface area contributed by atoms with E-state index in [0.717, 1.165) is 16.8 Å². The van der Waals surface area contributed by atoms with Gasteiger partial charge in [-0.15, -0.1) is 0 Å². The smallest absolute Gasteiger partial charge is 0.240 e. The van der Waals surface area contributed by atoms with Crippen molar-refractivity contribution in [3.8, 4) is 17.2 Å². The predicted molar refractivity (Wildman–Crippen MR) is 116 cm³/mol. The molecule has 0 atom stereocenters. The normalized spacial score (nSPS) is 10.6. The summed E-state index contributed by atoms with van der Waals surface area (Å²) in [7, 11) is 4.55. The van der Waals surface area contributed by atoms with Crippen LogP contribution in [0.25, 0.3) is 0 Å². The Bertz CT molecular complexity index is 895. The Morgan fingerprint density at radius 3 is 2.03 bits per heavy atom. The fraction of sp³-hybridized carbons (Fsp3) is 0.318. The van der Waals surface area contributed by atoms with Gasteiger partial charge in [-0.3, -0.25) is 9.59 Å². The molecule has 0 fully saturated rings. The Hall–Kier alpha value is -3.55. The maximum Gasteiger partial charge on any atom is 0.240 e. The molecule has 2 aromatic rings. The lowest BCUT2D eigenvalue weighted by Gasteiger charge is -2.12. The van der Waals surface area contributed by atoms with Crippen LogP contribution in [0.5, 0.6) is 17.2 Å². The molecule has 0 radical (unpaired) electrons. The first-order chi connectivity index (χ1) is 14.4. The summed E-state index contributed by atoms with van der Waals surface area (Å²) in [6.45, 7) is 3.85. The van der Waals surface area contributed by atoms with Crippen molar-refractivity contribution in [2.24, 2.45) is 5.10 Å². The molecule has 2 amide bonds. The third-order valence-corrected chi connectivity index (χ3v) is 4.41. The largest absolute Gasteiger partial charge is 0.493 e. The zero-order valence-corrected chi connectivity index (χ0v) is 17.9. The van der Waals surface area contributed by atoms with E-state index in [1.807, 2.05) is 32.0 Å². The Morgan fingerprint density at radius 1 is 0.933 bits per heavy atom. The lowest BCUT2D eigenvalue weighted by Crippen LogP contribution is -2.21. The van der Waals surface area contributed by atoms with Crippen molar-refractivity contribution in [3.05, 3.63) is 47.0 Å². The molecule has 0 saturated heterocycles. The topological polar surface area (TPSA) is 98.2 Å². The summed E-state index contributed by atoms with van der Waals surface area (Å²) < 4.78 is 15.8. The minimum Gasteiger partial charge on any atom is -0.493 e. The van der Waals surface area contributed by atoms with Gasteiger partial charge < -0.3 is 19.5 Å². The summed E-state index contributed by atoms with van der Waals surface area (Å²) in [4.78, 5) is 24.1. The molecule has 0 aromatic heterocycles. The second kappa shape index (κ2) is 10.8. The molecule has 30 heavy (non-hydrogen) atoms. The number of hydrogen-bond donors (Lipinski definition) is 2. The summed E-state index contributed by atoms with van der Waals surface area (Å²) in [5.74, 6) is 0.836. The van der Waals surface area contributed by atoms with E-state index >= 15 is 0 Å². The average molecular weight is 413 g/mol. The number of hydrazone groups is 1. The first kappa shape index (κ1) is 22.7. The zero-order valence-electron chi connectivity index (χ0n) is 17.9. The number of carbonyl (C=O) groups is 2. The van der Waals surface area contributed by atoms with Crippen molar-refractivity contribution in [2.45, 2.75) is 26.7 Å². The fourth-order valence-electron chi connectivity index (χ4n) is 2.85. The van der Waals surface area contributed by atoms with Crippen LogP contribution in [0.15, 0.2) is 35.4 Å². The van der Waals surface area contributed by atoms with Gasteiger partial charge in [0, 0.05) is 24.1 Å². The molecular formula is C22H27N3O5. The molecule has 2 aromatic carbocycles. The van der Waals surface area contributed by atoms with Crippen LogP contribution in [0.1, 0.15) is 29.5 Å². The molecule has 2 N–H and O–H groups in total. The molecule has 8 heteroatoms. The summed E-state index contributed by atoms with van der Waals surface area (Å²) in [6, 6.07) is 9.18. The highest BCUT2D eigenvalue weighted by atomic mass is 16.5. The number of hydrogen-bond acceptors (Lipinski definition) is 6. The van der Waals surface area contributed by atoms with Crippen molar-refractivity contribution >= 4 is 23.7 Å². The first-order valence-corrected chi connectivity index (χ1v) is 9.37. The number of ether oxygens (including phenoxy) is 3. The van der Waals surface area contributed by atoms with Gasteiger partial charge in [-0.05, 0) is 37.1 Å². The highest BCUT2D eigenvalue weighted by molar-refractivity contribution is 5.94. The zero-order chi connectivity index (χ0) is 22.1. The SMILES string of the molecule is COc1cc(/C=N\NC(=O)CCC(=O)Nc2c(C)cccc2C)cc(OC)c1OC. The summed E-state index contributed by atoms with van der Waals surface area (Å²) in [6.07, 6.45) is 1.53. The number of rotatable bonds is 9. The minimum atomic E-state index is -0.365. The standard InChI is InChI=1S/C22H27N3O5/c1-14-7-6-8-15(2)21(14)24-19(26)9-10-20(27)25-23-13-16-11-17(28-3)22(30-5)18(12-16)29-4/h6-8,11-13H,9-10H2,1-5H3,(H,24,26)(H,25,27)/b23-13-.